The van der Waals surface area contributed by atoms with Crippen LogP contribution in [0, 0.1) is 13.8 Å². The van der Waals surface area contributed by atoms with E-state index in [1.807, 2.05) is 31.3 Å². The van der Waals surface area contributed by atoms with Gasteiger partial charge in [0.05, 0.1) is 11.1 Å². The summed E-state index contributed by atoms with van der Waals surface area (Å²) in [6, 6.07) is 11.1. The quantitative estimate of drug-likeness (QED) is 0.669. The van der Waals surface area contributed by atoms with E-state index in [4.69, 9.17) is 0 Å². The van der Waals surface area contributed by atoms with Crippen LogP contribution in [0.1, 0.15) is 21.5 Å². The lowest BCUT2D eigenvalue weighted by Gasteiger charge is -2.11. The molecular weight excluding hydrogens is 264 g/mol. The molecular formula is C17H16N2O2. The predicted molar refractivity (Wildman–Crippen MR) is 83.8 cm³/mol. The first kappa shape index (κ1) is 13.2. The Hall–Kier alpha value is -2.75. The number of para-hydroxylation sites is 1. The van der Waals surface area contributed by atoms with Gasteiger partial charge in [-0.3, -0.25) is 4.79 Å². The highest BCUT2D eigenvalue weighted by Gasteiger charge is 2.13. The standard InChI is InChI=1S/C17H16N2O2/c1-10-6-7-14(11(2)16(10)20)19-17(21)13-5-3-4-12-8-9-18-15(12)13/h3-9,18,20H,1-2H3,(H,19,21). The lowest BCUT2D eigenvalue weighted by molar-refractivity contribution is 0.102. The van der Waals surface area contributed by atoms with Crippen LogP contribution in [-0.2, 0) is 0 Å². The largest absolute Gasteiger partial charge is 0.507 e. The van der Waals surface area contributed by atoms with Crippen molar-refractivity contribution in [3.63, 3.8) is 0 Å². The summed E-state index contributed by atoms with van der Waals surface area (Å²) in [5, 5.41) is 13.8. The molecule has 0 atom stereocenters. The van der Waals surface area contributed by atoms with Crippen LogP contribution in [-0.4, -0.2) is 16.0 Å². The second-order valence-corrected chi connectivity index (χ2v) is 5.11. The van der Waals surface area contributed by atoms with Gasteiger partial charge in [0.2, 0.25) is 0 Å². The number of anilines is 1. The van der Waals surface area contributed by atoms with Gasteiger partial charge in [0, 0.05) is 22.8 Å². The fourth-order valence-corrected chi connectivity index (χ4v) is 2.43. The van der Waals surface area contributed by atoms with Gasteiger partial charge in [-0.05, 0) is 37.6 Å². The zero-order chi connectivity index (χ0) is 15.0. The second kappa shape index (κ2) is 4.98. The summed E-state index contributed by atoms with van der Waals surface area (Å²) in [5.41, 5.74) is 3.46. The average molecular weight is 280 g/mol. The highest BCUT2D eigenvalue weighted by atomic mass is 16.3. The van der Waals surface area contributed by atoms with E-state index in [2.05, 4.69) is 10.3 Å². The van der Waals surface area contributed by atoms with Crippen LogP contribution >= 0.6 is 0 Å². The lowest BCUT2D eigenvalue weighted by atomic mass is 10.1. The summed E-state index contributed by atoms with van der Waals surface area (Å²) in [5.74, 6) is 0.0142. The molecule has 4 nitrogen and oxygen atoms in total. The van der Waals surface area contributed by atoms with Gasteiger partial charge in [-0.2, -0.15) is 0 Å². The number of carbonyl (C=O) groups excluding carboxylic acids is 1. The molecule has 1 aromatic heterocycles. The minimum atomic E-state index is -0.200. The molecule has 0 saturated carbocycles. The summed E-state index contributed by atoms with van der Waals surface area (Å²) >= 11 is 0. The van der Waals surface area contributed by atoms with Crippen molar-refractivity contribution in [3.8, 4) is 5.75 Å². The first-order valence-corrected chi connectivity index (χ1v) is 6.74. The molecule has 3 N–H and O–H groups in total. The maximum atomic E-state index is 12.5. The molecule has 3 aromatic rings. The summed E-state index contributed by atoms with van der Waals surface area (Å²) in [4.78, 5) is 15.5. The van der Waals surface area contributed by atoms with Crippen molar-refractivity contribution in [2.24, 2.45) is 0 Å². The molecule has 1 amide bonds. The molecule has 1 heterocycles. The van der Waals surface area contributed by atoms with Crippen LogP contribution in [0.25, 0.3) is 10.9 Å². The maximum absolute atomic E-state index is 12.5. The molecule has 0 unspecified atom stereocenters. The fraction of sp³-hybridized carbons (Fsp3) is 0.118. The lowest BCUT2D eigenvalue weighted by Crippen LogP contribution is -2.13. The molecule has 4 heteroatoms. The Labute approximate surface area is 122 Å². The Morgan fingerprint density at radius 3 is 2.76 bits per heavy atom. The van der Waals surface area contributed by atoms with Crippen LogP contribution in [0.2, 0.25) is 0 Å². The number of aromatic amines is 1. The highest BCUT2D eigenvalue weighted by Crippen LogP contribution is 2.28. The second-order valence-electron chi connectivity index (χ2n) is 5.11. The van der Waals surface area contributed by atoms with Gasteiger partial charge in [0.15, 0.2) is 0 Å². The maximum Gasteiger partial charge on any atom is 0.257 e. The number of carbonyl (C=O) groups is 1. The van der Waals surface area contributed by atoms with E-state index in [1.165, 1.54) is 0 Å². The Balaban J connectivity index is 1.97. The molecule has 2 aromatic carbocycles. The molecule has 0 spiro atoms. The number of hydrogen-bond acceptors (Lipinski definition) is 2. The zero-order valence-corrected chi connectivity index (χ0v) is 11.9. The van der Waals surface area contributed by atoms with E-state index in [1.54, 1.807) is 25.1 Å². The molecule has 0 fully saturated rings. The number of fused-ring (bicyclic) bond motifs is 1. The number of phenolic OH excluding ortho intramolecular Hbond substituents is 1. The highest BCUT2D eigenvalue weighted by molar-refractivity contribution is 6.12. The van der Waals surface area contributed by atoms with Crippen LogP contribution in [0.15, 0.2) is 42.6 Å². The number of aromatic nitrogens is 1. The van der Waals surface area contributed by atoms with Crippen molar-refractivity contribution in [2.75, 3.05) is 5.32 Å². The third kappa shape index (κ3) is 2.25. The zero-order valence-electron chi connectivity index (χ0n) is 11.9. The number of amides is 1. The molecule has 21 heavy (non-hydrogen) atoms. The van der Waals surface area contributed by atoms with Crippen molar-refractivity contribution in [2.45, 2.75) is 13.8 Å². The summed E-state index contributed by atoms with van der Waals surface area (Å²) in [6.45, 7) is 3.61. The number of phenols is 1. The van der Waals surface area contributed by atoms with E-state index in [-0.39, 0.29) is 11.7 Å². The molecule has 3 rings (SSSR count). The fourth-order valence-electron chi connectivity index (χ4n) is 2.43. The molecule has 0 saturated heterocycles. The number of hydrogen-bond donors (Lipinski definition) is 3. The van der Waals surface area contributed by atoms with E-state index in [0.29, 0.717) is 16.8 Å². The van der Waals surface area contributed by atoms with Crippen LogP contribution in [0.3, 0.4) is 0 Å². The van der Waals surface area contributed by atoms with Crippen molar-refractivity contribution < 1.29 is 9.90 Å². The van der Waals surface area contributed by atoms with Crippen molar-refractivity contribution in [3.05, 3.63) is 59.3 Å². The smallest absolute Gasteiger partial charge is 0.257 e. The van der Waals surface area contributed by atoms with Crippen LogP contribution < -0.4 is 5.32 Å². The summed E-state index contributed by atoms with van der Waals surface area (Å²) in [7, 11) is 0. The van der Waals surface area contributed by atoms with Gasteiger partial charge in [-0.1, -0.05) is 18.2 Å². The first-order chi connectivity index (χ1) is 10.1. The molecule has 0 bridgehead atoms. The Kier molecular flexibility index (Phi) is 3.14. The number of aryl methyl sites for hydroxylation is 1. The van der Waals surface area contributed by atoms with Gasteiger partial charge in [-0.25, -0.2) is 0 Å². The van der Waals surface area contributed by atoms with Gasteiger partial charge >= 0.3 is 0 Å². The van der Waals surface area contributed by atoms with Gasteiger partial charge in [0.25, 0.3) is 5.91 Å². The third-order valence-corrected chi connectivity index (χ3v) is 3.71. The number of rotatable bonds is 2. The summed E-state index contributed by atoms with van der Waals surface area (Å²) < 4.78 is 0. The van der Waals surface area contributed by atoms with Crippen molar-refractivity contribution in [1.82, 2.24) is 4.98 Å². The van der Waals surface area contributed by atoms with Gasteiger partial charge in [0.1, 0.15) is 5.75 Å². The Morgan fingerprint density at radius 2 is 1.95 bits per heavy atom. The Bertz CT molecular complexity index is 834. The average Bonchev–Trinajstić information content (AvgIpc) is 2.96. The summed E-state index contributed by atoms with van der Waals surface area (Å²) in [6.07, 6.45) is 1.81. The molecule has 106 valence electrons. The molecule has 0 aliphatic heterocycles. The van der Waals surface area contributed by atoms with E-state index in [0.717, 1.165) is 16.5 Å². The van der Waals surface area contributed by atoms with Crippen molar-refractivity contribution >= 4 is 22.5 Å². The van der Waals surface area contributed by atoms with Gasteiger partial charge < -0.3 is 15.4 Å². The SMILES string of the molecule is Cc1ccc(NC(=O)c2cccc3cc[nH]c23)c(C)c1O. The molecule has 0 radical (unpaired) electrons. The van der Waals surface area contributed by atoms with Crippen LogP contribution in [0.4, 0.5) is 5.69 Å². The number of H-pyrrole nitrogens is 1. The van der Waals surface area contributed by atoms with Crippen LogP contribution in [0.5, 0.6) is 5.75 Å². The first-order valence-electron chi connectivity index (χ1n) is 6.74. The minimum Gasteiger partial charge on any atom is -0.507 e. The van der Waals surface area contributed by atoms with Gasteiger partial charge in [-0.15, -0.1) is 0 Å². The topological polar surface area (TPSA) is 65.1 Å². The van der Waals surface area contributed by atoms with E-state index >= 15 is 0 Å². The van der Waals surface area contributed by atoms with E-state index in [9.17, 15) is 9.90 Å². The number of benzene rings is 2. The van der Waals surface area contributed by atoms with Crippen molar-refractivity contribution in [1.29, 1.82) is 0 Å². The predicted octanol–water partition coefficient (Wildman–Crippen LogP) is 3.74. The molecule has 0 aliphatic rings. The Morgan fingerprint density at radius 1 is 1.14 bits per heavy atom. The normalized spacial score (nSPS) is 10.8. The monoisotopic (exact) mass is 280 g/mol. The third-order valence-electron chi connectivity index (χ3n) is 3.71. The van der Waals surface area contributed by atoms with E-state index < -0.39 is 0 Å². The number of nitrogens with one attached hydrogen (secondary N) is 2. The minimum absolute atomic E-state index is 0.200. The molecule has 0 aliphatic carbocycles. The number of aromatic hydroxyl groups is 1.